The lowest BCUT2D eigenvalue weighted by Gasteiger charge is -2.16. The lowest BCUT2D eigenvalue weighted by atomic mass is 10.5. The summed E-state index contributed by atoms with van der Waals surface area (Å²) in [5.74, 6) is 0. The molecule has 0 radical (unpaired) electrons. The number of aromatic nitrogens is 1. The predicted molar refractivity (Wildman–Crippen MR) is 66.9 cm³/mol. The van der Waals surface area contributed by atoms with E-state index in [0.29, 0.717) is 13.0 Å². The van der Waals surface area contributed by atoms with E-state index in [2.05, 4.69) is 9.71 Å². The van der Waals surface area contributed by atoms with Crippen molar-refractivity contribution >= 4 is 21.5 Å². The van der Waals surface area contributed by atoms with Gasteiger partial charge in [0.25, 0.3) is 10.2 Å². The summed E-state index contributed by atoms with van der Waals surface area (Å²) in [5, 5.41) is 9.55. The standard InChI is InChI=1S/C9H17N3O3S2/c1-8-10-6-9(16-8)7-11-17(14,15)12(2)4-3-5-13/h6,11,13H,3-5,7H2,1-2H3. The smallest absolute Gasteiger partial charge is 0.279 e. The van der Waals surface area contributed by atoms with Gasteiger partial charge < -0.3 is 5.11 Å². The first-order valence-electron chi connectivity index (χ1n) is 5.19. The molecule has 2 N–H and O–H groups in total. The molecule has 0 bridgehead atoms. The van der Waals surface area contributed by atoms with Gasteiger partial charge in [-0.05, 0) is 13.3 Å². The zero-order valence-corrected chi connectivity index (χ0v) is 11.5. The largest absolute Gasteiger partial charge is 0.396 e. The van der Waals surface area contributed by atoms with Gasteiger partial charge in [0.05, 0.1) is 5.01 Å². The van der Waals surface area contributed by atoms with Crippen molar-refractivity contribution in [2.45, 2.75) is 19.9 Å². The van der Waals surface area contributed by atoms with Crippen LogP contribution in [0.1, 0.15) is 16.3 Å². The molecule has 98 valence electrons. The normalized spacial score (nSPS) is 12.2. The fourth-order valence-electron chi connectivity index (χ4n) is 1.17. The number of aryl methyl sites for hydroxylation is 1. The second-order valence-electron chi connectivity index (χ2n) is 3.57. The molecule has 0 aliphatic rings. The molecule has 1 aromatic heterocycles. The fraction of sp³-hybridized carbons (Fsp3) is 0.667. The molecule has 6 nitrogen and oxygen atoms in total. The van der Waals surface area contributed by atoms with Crippen molar-refractivity contribution in [3.05, 3.63) is 16.1 Å². The number of rotatable bonds is 7. The van der Waals surface area contributed by atoms with Crippen LogP contribution < -0.4 is 4.72 Å². The van der Waals surface area contributed by atoms with Crippen LogP contribution in [0.25, 0.3) is 0 Å². The SMILES string of the molecule is Cc1ncc(CNS(=O)(=O)N(C)CCCO)s1. The van der Waals surface area contributed by atoms with E-state index in [-0.39, 0.29) is 13.2 Å². The second kappa shape index (κ2) is 6.41. The van der Waals surface area contributed by atoms with Gasteiger partial charge in [-0.3, -0.25) is 0 Å². The Morgan fingerprint density at radius 1 is 1.59 bits per heavy atom. The van der Waals surface area contributed by atoms with Gasteiger partial charge in [0.1, 0.15) is 0 Å². The van der Waals surface area contributed by atoms with Gasteiger partial charge in [0.15, 0.2) is 0 Å². The highest BCUT2D eigenvalue weighted by molar-refractivity contribution is 7.87. The van der Waals surface area contributed by atoms with Gasteiger partial charge in [-0.25, -0.2) is 4.98 Å². The van der Waals surface area contributed by atoms with Crippen LogP contribution in [0.3, 0.4) is 0 Å². The van der Waals surface area contributed by atoms with Crippen LogP contribution in [-0.2, 0) is 16.8 Å². The maximum Gasteiger partial charge on any atom is 0.279 e. The number of aliphatic hydroxyl groups is 1. The molecule has 8 heteroatoms. The number of hydrogen-bond donors (Lipinski definition) is 2. The number of nitrogens with zero attached hydrogens (tertiary/aromatic N) is 2. The lowest BCUT2D eigenvalue weighted by Crippen LogP contribution is -2.38. The number of aliphatic hydroxyl groups excluding tert-OH is 1. The monoisotopic (exact) mass is 279 g/mol. The predicted octanol–water partition coefficient (Wildman–Crippen LogP) is 0.100. The zero-order chi connectivity index (χ0) is 12.9. The Bertz CT molecular complexity index is 444. The molecule has 0 saturated heterocycles. The van der Waals surface area contributed by atoms with Crippen LogP contribution in [0, 0.1) is 6.92 Å². The lowest BCUT2D eigenvalue weighted by molar-refractivity contribution is 0.275. The van der Waals surface area contributed by atoms with Gasteiger partial charge >= 0.3 is 0 Å². The minimum Gasteiger partial charge on any atom is -0.396 e. The summed E-state index contributed by atoms with van der Waals surface area (Å²) in [6.07, 6.45) is 2.09. The molecule has 0 aromatic carbocycles. The summed E-state index contributed by atoms with van der Waals surface area (Å²) in [4.78, 5) is 4.93. The van der Waals surface area contributed by atoms with Crippen LogP contribution in [0.5, 0.6) is 0 Å². The van der Waals surface area contributed by atoms with Crippen LogP contribution in [0.2, 0.25) is 0 Å². The van der Waals surface area contributed by atoms with Crippen LogP contribution in [0.15, 0.2) is 6.20 Å². The Kier molecular flexibility index (Phi) is 5.47. The maximum atomic E-state index is 11.7. The third-order valence-corrected chi connectivity index (χ3v) is 4.56. The highest BCUT2D eigenvalue weighted by Gasteiger charge is 2.16. The van der Waals surface area contributed by atoms with E-state index < -0.39 is 10.2 Å². The maximum absolute atomic E-state index is 11.7. The molecule has 1 rings (SSSR count). The molecule has 0 spiro atoms. The molecule has 0 saturated carbocycles. The Balaban J connectivity index is 2.49. The topological polar surface area (TPSA) is 82.5 Å². The molecule has 0 aliphatic carbocycles. The zero-order valence-electron chi connectivity index (χ0n) is 9.88. The highest BCUT2D eigenvalue weighted by atomic mass is 32.2. The number of nitrogens with one attached hydrogen (secondary N) is 1. The first-order valence-corrected chi connectivity index (χ1v) is 7.44. The van der Waals surface area contributed by atoms with Gasteiger partial charge in [-0.15, -0.1) is 11.3 Å². The fourth-order valence-corrected chi connectivity index (χ4v) is 2.93. The third kappa shape index (κ3) is 4.68. The summed E-state index contributed by atoms with van der Waals surface area (Å²) >= 11 is 1.46. The summed E-state index contributed by atoms with van der Waals surface area (Å²) in [6.45, 7) is 2.40. The minimum atomic E-state index is -3.47. The van der Waals surface area contributed by atoms with E-state index in [9.17, 15) is 8.42 Å². The van der Waals surface area contributed by atoms with Crippen molar-refractivity contribution in [1.82, 2.24) is 14.0 Å². The first kappa shape index (κ1) is 14.5. The van der Waals surface area contributed by atoms with Crippen molar-refractivity contribution in [3.8, 4) is 0 Å². The van der Waals surface area contributed by atoms with Crippen LogP contribution >= 0.6 is 11.3 Å². The van der Waals surface area contributed by atoms with Crippen molar-refractivity contribution in [1.29, 1.82) is 0 Å². The summed E-state index contributed by atoms with van der Waals surface area (Å²) in [7, 11) is -1.99. The minimum absolute atomic E-state index is 0.0199. The summed E-state index contributed by atoms with van der Waals surface area (Å²) in [6, 6.07) is 0. The average Bonchev–Trinajstić information content (AvgIpc) is 2.69. The van der Waals surface area contributed by atoms with E-state index in [4.69, 9.17) is 5.11 Å². The van der Waals surface area contributed by atoms with Crippen molar-refractivity contribution in [3.63, 3.8) is 0 Å². The molecule has 1 heterocycles. The Labute approximate surface area is 105 Å². The molecule has 1 aromatic rings. The molecule has 17 heavy (non-hydrogen) atoms. The van der Waals surface area contributed by atoms with Crippen molar-refractivity contribution in [2.75, 3.05) is 20.2 Å². The van der Waals surface area contributed by atoms with E-state index in [1.165, 1.54) is 22.7 Å². The van der Waals surface area contributed by atoms with Gasteiger partial charge in [0.2, 0.25) is 0 Å². The number of hydrogen-bond acceptors (Lipinski definition) is 5. The van der Waals surface area contributed by atoms with Crippen molar-refractivity contribution < 1.29 is 13.5 Å². The summed E-state index contributed by atoms with van der Waals surface area (Å²) < 4.78 is 27.1. The van der Waals surface area contributed by atoms with Gasteiger partial charge in [-0.1, -0.05) is 0 Å². The molecule has 0 aliphatic heterocycles. The van der Waals surface area contributed by atoms with Crippen LogP contribution in [0.4, 0.5) is 0 Å². The molecular formula is C9H17N3O3S2. The van der Waals surface area contributed by atoms with Crippen LogP contribution in [-0.4, -0.2) is 43.0 Å². The van der Waals surface area contributed by atoms with E-state index in [1.54, 1.807) is 6.20 Å². The van der Waals surface area contributed by atoms with Gasteiger partial charge in [0, 0.05) is 37.8 Å². The molecular weight excluding hydrogens is 262 g/mol. The first-order chi connectivity index (χ1) is 7.95. The second-order valence-corrected chi connectivity index (χ2v) is 6.75. The Morgan fingerprint density at radius 3 is 2.82 bits per heavy atom. The van der Waals surface area contributed by atoms with Gasteiger partial charge in [-0.2, -0.15) is 17.4 Å². The molecule has 0 fully saturated rings. The Hall–Kier alpha value is -0.540. The summed E-state index contributed by atoms with van der Waals surface area (Å²) in [5.41, 5.74) is 0. The van der Waals surface area contributed by atoms with Crippen molar-refractivity contribution in [2.24, 2.45) is 0 Å². The average molecular weight is 279 g/mol. The quantitative estimate of drug-likeness (QED) is 0.741. The molecule has 0 atom stereocenters. The molecule has 0 amide bonds. The van der Waals surface area contributed by atoms with E-state index in [0.717, 1.165) is 9.88 Å². The molecule has 0 unspecified atom stereocenters. The highest BCUT2D eigenvalue weighted by Crippen LogP contribution is 2.11. The van der Waals surface area contributed by atoms with E-state index >= 15 is 0 Å². The third-order valence-electron chi connectivity index (χ3n) is 2.14. The Morgan fingerprint density at radius 2 is 2.29 bits per heavy atom. The number of thiazole rings is 1. The van der Waals surface area contributed by atoms with E-state index in [1.807, 2.05) is 6.92 Å².